The van der Waals surface area contributed by atoms with Crippen molar-refractivity contribution in [1.29, 1.82) is 0 Å². The van der Waals surface area contributed by atoms with E-state index in [9.17, 15) is 9.59 Å². The summed E-state index contributed by atoms with van der Waals surface area (Å²) in [4.78, 5) is 23.9. The van der Waals surface area contributed by atoms with E-state index < -0.39 is 0 Å². The van der Waals surface area contributed by atoms with Crippen LogP contribution >= 0.6 is 0 Å². The Hall–Kier alpha value is -3.60. The number of aryl methyl sites for hydroxylation is 1. The van der Waals surface area contributed by atoms with Crippen LogP contribution in [0.25, 0.3) is 21.7 Å². The van der Waals surface area contributed by atoms with Gasteiger partial charge in [-0.25, -0.2) is 4.79 Å². The van der Waals surface area contributed by atoms with Gasteiger partial charge < -0.3 is 14.5 Å². The molecule has 3 aromatic carbocycles. The van der Waals surface area contributed by atoms with E-state index in [-0.39, 0.29) is 18.1 Å². The van der Waals surface area contributed by atoms with Gasteiger partial charge in [-0.3, -0.25) is 4.79 Å². The Bertz CT molecular complexity index is 1210. The van der Waals surface area contributed by atoms with Crippen LogP contribution in [0.3, 0.4) is 0 Å². The van der Waals surface area contributed by atoms with E-state index in [4.69, 9.17) is 9.15 Å². The van der Waals surface area contributed by atoms with Crippen LogP contribution in [0.4, 0.5) is 0 Å². The molecule has 0 spiro atoms. The molecule has 140 valence electrons. The molecule has 0 aliphatic rings. The van der Waals surface area contributed by atoms with Gasteiger partial charge in [0.25, 0.3) is 5.91 Å². The Kier molecular flexibility index (Phi) is 4.81. The summed E-state index contributed by atoms with van der Waals surface area (Å²) in [5.41, 5.74) is 2.03. The summed E-state index contributed by atoms with van der Waals surface area (Å²) >= 11 is 0. The van der Waals surface area contributed by atoms with E-state index in [2.05, 4.69) is 5.32 Å². The maximum atomic E-state index is 12.1. The predicted octanol–water partition coefficient (Wildman–Crippen LogP) is 3.95. The molecule has 5 heteroatoms. The Morgan fingerprint density at radius 2 is 1.75 bits per heavy atom. The van der Waals surface area contributed by atoms with Gasteiger partial charge in [-0.15, -0.1) is 0 Å². The second-order valence-electron chi connectivity index (χ2n) is 6.59. The van der Waals surface area contributed by atoms with Crippen molar-refractivity contribution in [2.45, 2.75) is 13.5 Å². The third-order valence-electron chi connectivity index (χ3n) is 4.63. The molecule has 0 atom stereocenters. The van der Waals surface area contributed by atoms with E-state index >= 15 is 0 Å². The number of fused-ring (bicyclic) bond motifs is 3. The van der Waals surface area contributed by atoms with E-state index in [1.165, 1.54) is 6.07 Å². The van der Waals surface area contributed by atoms with Gasteiger partial charge in [0.15, 0.2) is 6.61 Å². The summed E-state index contributed by atoms with van der Waals surface area (Å²) in [7, 11) is 0. The summed E-state index contributed by atoms with van der Waals surface area (Å²) in [6, 6.07) is 20.5. The minimum absolute atomic E-state index is 0.0955. The molecule has 0 saturated heterocycles. The third kappa shape index (κ3) is 3.60. The average molecular weight is 373 g/mol. The zero-order chi connectivity index (χ0) is 19.5. The normalized spacial score (nSPS) is 10.9. The lowest BCUT2D eigenvalue weighted by atomic mass is 10.0. The number of amides is 1. The van der Waals surface area contributed by atoms with E-state index in [1.807, 2.05) is 61.5 Å². The van der Waals surface area contributed by atoms with E-state index in [0.717, 1.165) is 27.3 Å². The first-order valence-corrected chi connectivity index (χ1v) is 9.01. The standard InChI is InChI=1S/C23H19NO4/c1-15-12-22(26)28-23-17(15)10-11-18-19(23)8-5-9-20(18)27-14-21(25)24-13-16-6-3-2-4-7-16/h2-12H,13-14H2,1H3,(H,24,25). The van der Waals surface area contributed by atoms with Crippen LogP contribution in [0.1, 0.15) is 11.1 Å². The molecule has 1 N–H and O–H groups in total. The van der Waals surface area contributed by atoms with Crippen molar-refractivity contribution in [2.24, 2.45) is 0 Å². The van der Waals surface area contributed by atoms with Crippen molar-refractivity contribution in [2.75, 3.05) is 6.61 Å². The zero-order valence-electron chi connectivity index (χ0n) is 15.4. The van der Waals surface area contributed by atoms with Crippen LogP contribution in [-0.2, 0) is 11.3 Å². The van der Waals surface area contributed by atoms with Gasteiger partial charge in [0.1, 0.15) is 11.3 Å². The highest BCUT2D eigenvalue weighted by molar-refractivity contribution is 6.07. The minimum atomic E-state index is -0.385. The van der Waals surface area contributed by atoms with Gasteiger partial charge in [0, 0.05) is 28.8 Å². The van der Waals surface area contributed by atoms with Crippen LogP contribution in [0.2, 0.25) is 0 Å². The fourth-order valence-electron chi connectivity index (χ4n) is 3.22. The minimum Gasteiger partial charge on any atom is -0.483 e. The molecule has 1 aromatic heterocycles. The molecule has 28 heavy (non-hydrogen) atoms. The van der Waals surface area contributed by atoms with Crippen molar-refractivity contribution in [3.05, 3.63) is 88.3 Å². The van der Waals surface area contributed by atoms with Crippen molar-refractivity contribution in [3.8, 4) is 5.75 Å². The quantitative estimate of drug-likeness (QED) is 0.425. The monoisotopic (exact) mass is 373 g/mol. The molecule has 1 amide bonds. The van der Waals surface area contributed by atoms with Crippen LogP contribution < -0.4 is 15.7 Å². The highest BCUT2D eigenvalue weighted by Crippen LogP contribution is 2.32. The van der Waals surface area contributed by atoms with Gasteiger partial charge in [-0.1, -0.05) is 48.5 Å². The SMILES string of the molecule is Cc1cc(=O)oc2c1ccc1c(OCC(=O)NCc3ccccc3)cccc12. The maximum Gasteiger partial charge on any atom is 0.336 e. The molecule has 0 aliphatic carbocycles. The first-order valence-electron chi connectivity index (χ1n) is 9.01. The summed E-state index contributed by atoms with van der Waals surface area (Å²) in [6.07, 6.45) is 0. The fourth-order valence-corrected chi connectivity index (χ4v) is 3.22. The van der Waals surface area contributed by atoms with E-state index in [1.54, 1.807) is 6.07 Å². The average Bonchev–Trinajstić information content (AvgIpc) is 2.71. The van der Waals surface area contributed by atoms with Gasteiger partial charge in [-0.05, 0) is 30.2 Å². The Balaban J connectivity index is 1.55. The van der Waals surface area contributed by atoms with Crippen molar-refractivity contribution < 1.29 is 13.9 Å². The van der Waals surface area contributed by atoms with Crippen molar-refractivity contribution in [3.63, 3.8) is 0 Å². The summed E-state index contributed by atoms with van der Waals surface area (Å²) < 4.78 is 11.2. The highest BCUT2D eigenvalue weighted by atomic mass is 16.5. The Labute approximate surface area is 161 Å². The lowest BCUT2D eigenvalue weighted by molar-refractivity contribution is -0.123. The number of hydrogen-bond acceptors (Lipinski definition) is 4. The van der Waals surface area contributed by atoms with Crippen LogP contribution in [0, 0.1) is 6.92 Å². The molecule has 0 aliphatic heterocycles. The summed E-state index contributed by atoms with van der Waals surface area (Å²) in [5.74, 6) is 0.363. The maximum absolute atomic E-state index is 12.1. The molecular weight excluding hydrogens is 354 g/mol. The van der Waals surface area contributed by atoms with Crippen LogP contribution in [0.15, 0.2) is 75.9 Å². The molecular formula is C23H19NO4. The summed E-state index contributed by atoms with van der Waals surface area (Å²) in [5, 5.41) is 5.29. The third-order valence-corrected chi connectivity index (χ3v) is 4.63. The number of nitrogens with one attached hydrogen (secondary N) is 1. The zero-order valence-corrected chi connectivity index (χ0v) is 15.4. The molecule has 0 fully saturated rings. The second-order valence-corrected chi connectivity index (χ2v) is 6.59. The molecule has 0 saturated carbocycles. The molecule has 0 radical (unpaired) electrons. The Morgan fingerprint density at radius 3 is 2.57 bits per heavy atom. The Morgan fingerprint density at radius 1 is 0.964 bits per heavy atom. The number of ether oxygens (including phenoxy) is 1. The highest BCUT2D eigenvalue weighted by Gasteiger charge is 2.11. The number of hydrogen-bond donors (Lipinski definition) is 1. The molecule has 5 nitrogen and oxygen atoms in total. The smallest absolute Gasteiger partial charge is 0.336 e. The number of benzene rings is 3. The molecule has 1 heterocycles. The number of carbonyl (C=O) groups is 1. The first kappa shape index (κ1) is 17.8. The number of rotatable bonds is 5. The molecule has 0 unspecified atom stereocenters. The van der Waals surface area contributed by atoms with E-state index in [0.29, 0.717) is 17.9 Å². The van der Waals surface area contributed by atoms with Crippen molar-refractivity contribution in [1.82, 2.24) is 5.32 Å². The molecule has 4 aromatic rings. The van der Waals surface area contributed by atoms with Crippen LogP contribution in [-0.4, -0.2) is 12.5 Å². The predicted molar refractivity (Wildman–Crippen MR) is 109 cm³/mol. The van der Waals surface area contributed by atoms with Gasteiger partial charge in [0.05, 0.1) is 0 Å². The topological polar surface area (TPSA) is 68.5 Å². The van der Waals surface area contributed by atoms with Crippen molar-refractivity contribution >= 4 is 27.6 Å². The molecule has 4 rings (SSSR count). The first-order chi connectivity index (χ1) is 13.6. The largest absolute Gasteiger partial charge is 0.483 e. The summed E-state index contributed by atoms with van der Waals surface area (Å²) in [6.45, 7) is 2.23. The fraction of sp³-hybridized carbons (Fsp3) is 0.130. The number of carbonyl (C=O) groups excluding carboxylic acids is 1. The van der Waals surface area contributed by atoms with Gasteiger partial charge in [-0.2, -0.15) is 0 Å². The van der Waals surface area contributed by atoms with Gasteiger partial charge in [0.2, 0.25) is 0 Å². The van der Waals surface area contributed by atoms with Gasteiger partial charge >= 0.3 is 5.63 Å². The second kappa shape index (κ2) is 7.56. The van der Waals surface area contributed by atoms with Crippen LogP contribution in [0.5, 0.6) is 5.75 Å². The lowest BCUT2D eigenvalue weighted by Gasteiger charge is -2.11. The molecule has 0 bridgehead atoms. The lowest BCUT2D eigenvalue weighted by Crippen LogP contribution is -2.28.